The summed E-state index contributed by atoms with van der Waals surface area (Å²) < 4.78 is 40.6. The molecular formula is C26H21Cl2F3N6OS. The number of halogens is 5. The molecule has 0 radical (unpaired) electrons. The zero-order chi connectivity index (χ0) is 27.8. The van der Waals surface area contributed by atoms with Crippen LogP contribution in [0.25, 0.3) is 0 Å². The third kappa shape index (κ3) is 8.22. The van der Waals surface area contributed by atoms with Crippen LogP contribution in [0.2, 0.25) is 10.0 Å². The first-order valence-corrected chi connectivity index (χ1v) is 13.2. The molecule has 0 spiro atoms. The molecule has 0 amide bonds. The van der Waals surface area contributed by atoms with Crippen molar-refractivity contribution in [3.8, 4) is 5.75 Å². The van der Waals surface area contributed by atoms with Crippen molar-refractivity contribution >= 4 is 69.9 Å². The number of para-hydroxylation sites is 1. The number of thioether (sulfide) groups is 1. The molecule has 13 heteroatoms. The quantitative estimate of drug-likeness (QED) is 0.177. The zero-order valence-corrected chi connectivity index (χ0v) is 22.5. The normalized spacial score (nSPS) is 16.0. The van der Waals surface area contributed by atoms with Gasteiger partial charge in [-0.3, -0.25) is 0 Å². The molecular weight excluding hydrogens is 572 g/mol. The third-order valence-electron chi connectivity index (χ3n) is 5.23. The predicted octanol–water partition coefficient (Wildman–Crippen LogP) is 7.29. The summed E-state index contributed by atoms with van der Waals surface area (Å²) in [5.41, 5.74) is 8.59. The second-order valence-electron chi connectivity index (χ2n) is 7.97. The number of nitrogens with two attached hydrogens (primary N) is 1. The van der Waals surface area contributed by atoms with Crippen molar-refractivity contribution < 1.29 is 17.9 Å². The van der Waals surface area contributed by atoms with E-state index in [4.69, 9.17) is 28.9 Å². The molecule has 2 N–H and O–H groups in total. The smallest absolute Gasteiger partial charge is 0.406 e. The molecule has 1 aliphatic heterocycles. The summed E-state index contributed by atoms with van der Waals surface area (Å²) >= 11 is 14.4. The Labute approximate surface area is 236 Å². The topological polar surface area (TPSA) is 87.9 Å². The standard InChI is InChI=1S/C26H21Cl2F3N6OS/c27-21-3-1-4-22(28)23(21)37-13-2-14-39-25(37)36-35-15-17-5-7-18(8-6-17)24(32)34-16-33-19-9-11-20(12-10-19)38-26(29,30)31/h1,3-12,15-16H,2,13-14H2,(H2,32,33,34)/b35-15+,36-25-. The van der Waals surface area contributed by atoms with Gasteiger partial charge in [0.05, 0.1) is 27.6 Å². The predicted molar refractivity (Wildman–Crippen MR) is 154 cm³/mol. The molecule has 4 rings (SSSR count). The molecule has 1 heterocycles. The second-order valence-corrected chi connectivity index (χ2v) is 9.85. The van der Waals surface area contributed by atoms with E-state index in [0.717, 1.165) is 42.1 Å². The maximum Gasteiger partial charge on any atom is 0.573 e. The van der Waals surface area contributed by atoms with E-state index in [0.29, 0.717) is 26.5 Å². The molecule has 1 aliphatic rings. The average Bonchev–Trinajstić information content (AvgIpc) is 2.90. The largest absolute Gasteiger partial charge is 0.573 e. The number of benzene rings is 3. The van der Waals surface area contributed by atoms with Crippen molar-refractivity contribution in [2.24, 2.45) is 25.9 Å². The Kier molecular flexibility index (Phi) is 9.50. The van der Waals surface area contributed by atoms with Crippen molar-refractivity contribution in [1.82, 2.24) is 0 Å². The van der Waals surface area contributed by atoms with Gasteiger partial charge in [-0.15, -0.1) is 18.3 Å². The van der Waals surface area contributed by atoms with Crippen LogP contribution in [-0.4, -0.2) is 42.2 Å². The minimum atomic E-state index is -4.75. The Balaban J connectivity index is 1.38. The zero-order valence-electron chi connectivity index (χ0n) is 20.1. The van der Waals surface area contributed by atoms with E-state index >= 15 is 0 Å². The second kappa shape index (κ2) is 13.0. The molecule has 0 unspecified atom stereocenters. The van der Waals surface area contributed by atoms with Crippen LogP contribution in [0.4, 0.5) is 24.5 Å². The number of aliphatic imine (C=N–C) groups is 2. The van der Waals surface area contributed by atoms with Gasteiger partial charge in [0.25, 0.3) is 0 Å². The van der Waals surface area contributed by atoms with E-state index in [9.17, 15) is 13.2 Å². The van der Waals surface area contributed by atoms with Crippen molar-refractivity contribution in [2.75, 3.05) is 17.2 Å². The third-order valence-corrected chi connectivity index (χ3v) is 6.89. The van der Waals surface area contributed by atoms with Gasteiger partial charge in [-0.1, -0.05) is 65.3 Å². The van der Waals surface area contributed by atoms with E-state index in [2.05, 4.69) is 24.9 Å². The molecule has 0 aromatic heterocycles. The molecule has 7 nitrogen and oxygen atoms in total. The fraction of sp³-hybridized carbons (Fsp3) is 0.154. The van der Waals surface area contributed by atoms with Crippen molar-refractivity contribution in [1.29, 1.82) is 0 Å². The number of nitrogens with zero attached hydrogens (tertiary/aromatic N) is 5. The molecule has 0 bridgehead atoms. The summed E-state index contributed by atoms with van der Waals surface area (Å²) in [5, 5.41) is 10.5. The highest BCUT2D eigenvalue weighted by Crippen LogP contribution is 2.37. The summed E-state index contributed by atoms with van der Waals surface area (Å²) in [6.45, 7) is 0.735. The molecule has 1 saturated heterocycles. The lowest BCUT2D eigenvalue weighted by atomic mass is 10.1. The first-order valence-electron chi connectivity index (χ1n) is 11.5. The van der Waals surface area contributed by atoms with Gasteiger partial charge >= 0.3 is 6.36 Å². The minimum Gasteiger partial charge on any atom is -0.406 e. The fourth-order valence-corrected chi connectivity index (χ4v) is 4.95. The Morgan fingerprint density at radius 3 is 2.36 bits per heavy atom. The highest BCUT2D eigenvalue weighted by molar-refractivity contribution is 8.14. The maximum absolute atomic E-state index is 12.2. The van der Waals surface area contributed by atoms with Crippen LogP contribution >= 0.6 is 35.0 Å². The lowest BCUT2D eigenvalue weighted by molar-refractivity contribution is -0.274. The lowest BCUT2D eigenvalue weighted by Crippen LogP contribution is -2.34. The minimum absolute atomic E-state index is 0.213. The number of ether oxygens (including phenoxy) is 1. The van der Waals surface area contributed by atoms with Gasteiger partial charge in [-0.25, -0.2) is 9.98 Å². The highest BCUT2D eigenvalue weighted by atomic mass is 35.5. The van der Waals surface area contributed by atoms with E-state index in [1.54, 1.807) is 48.3 Å². The van der Waals surface area contributed by atoms with Crippen LogP contribution in [0.5, 0.6) is 5.75 Å². The van der Waals surface area contributed by atoms with Crippen molar-refractivity contribution in [3.63, 3.8) is 0 Å². The summed E-state index contributed by atoms with van der Waals surface area (Å²) in [4.78, 5) is 10.1. The SMILES string of the molecule is NC(=NC=Nc1ccc(OC(F)(F)F)cc1)c1ccc(/C=N/N=C2\SCCCN2c2c(Cl)cccc2Cl)cc1. The van der Waals surface area contributed by atoms with Crippen LogP contribution in [0, 0.1) is 0 Å². The Morgan fingerprint density at radius 1 is 1.00 bits per heavy atom. The van der Waals surface area contributed by atoms with Gasteiger partial charge in [-0.2, -0.15) is 5.10 Å². The first kappa shape index (κ1) is 28.5. The van der Waals surface area contributed by atoms with Crippen LogP contribution in [0.15, 0.2) is 86.9 Å². The molecule has 0 atom stereocenters. The highest BCUT2D eigenvalue weighted by Gasteiger charge is 2.31. The van der Waals surface area contributed by atoms with Gasteiger partial charge in [0.2, 0.25) is 0 Å². The molecule has 202 valence electrons. The molecule has 0 aliphatic carbocycles. The van der Waals surface area contributed by atoms with Crippen LogP contribution < -0.4 is 15.4 Å². The van der Waals surface area contributed by atoms with Gasteiger partial charge in [0.15, 0.2) is 5.17 Å². The maximum atomic E-state index is 12.2. The van der Waals surface area contributed by atoms with Gasteiger partial charge in [0, 0.05) is 17.9 Å². The summed E-state index contributed by atoms with van der Waals surface area (Å²) in [6.07, 6.45) is -0.938. The monoisotopic (exact) mass is 592 g/mol. The number of alkyl halides is 3. The van der Waals surface area contributed by atoms with E-state index in [-0.39, 0.29) is 11.6 Å². The first-order chi connectivity index (χ1) is 18.7. The van der Waals surface area contributed by atoms with Crippen molar-refractivity contribution in [2.45, 2.75) is 12.8 Å². The van der Waals surface area contributed by atoms with Crippen LogP contribution in [0.1, 0.15) is 17.5 Å². The van der Waals surface area contributed by atoms with E-state index in [1.165, 1.54) is 18.5 Å². The summed E-state index contributed by atoms with van der Waals surface area (Å²) in [7, 11) is 0. The molecule has 0 saturated carbocycles. The number of anilines is 1. The number of amidine groups is 2. The summed E-state index contributed by atoms with van der Waals surface area (Å²) in [6, 6.07) is 17.6. The molecule has 3 aromatic rings. The van der Waals surface area contributed by atoms with Crippen LogP contribution in [-0.2, 0) is 0 Å². The van der Waals surface area contributed by atoms with Crippen molar-refractivity contribution in [3.05, 3.63) is 87.9 Å². The average molecular weight is 593 g/mol. The molecule has 1 fully saturated rings. The fourth-order valence-electron chi connectivity index (χ4n) is 3.45. The van der Waals surface area contributed by atoms with E-state index < -0.39 is 6.36 Å². The molecule has 39 heavy (non-hydrogen) atoms. The summed E-state index contributed by atoms with van der Waals surface area (Å²) in [5.74, 6) is 0.797. The van der Waals surface area contributed by atoms with Gasteiger partial charge < -0.3 is 15.4 Å². The molecule has 3 aromatic carbocycles. The number of hydrogen-bond donors (Lipinski definition) is 1. The lowest BCUT2D eigenvalue weighted by Gasteiger charge is -2.30. The number of hydrogen-bond acceptors (Lipinski definition) is 5. The Morgan fingerprint density at radius 2 is 1.69 bits per heavy atom. The Bertz CT molecular complexity index is 1390. The van der Waals surface area contributed by atoms with Crippen LogP contribution in [0.3, 0.4) is 0 Å². The number of rotatable bonds is 7. The Hall–Kier alpha value is -3.54. The van der Waals surface area contributed by atoms with Gasteiger partial charge in [-0.05, 0) is 48.4 Å². The van der Waals surface area contributed by atoms with Gasteiger partial charge in [0.1, 0.15) is 17.9 Å². The van der Waals surface area contributed by atoms with E-state index in [1.807, 2.05) is 17.0 Å².